The summed E-state index contributed by atoms with van der Waals surface area (Å²) in [6.07, 6.45) is 4.69. The maximum Gasteiger partial charge on any atom is 0.162 e. The Bertz CT molecular complexity index is 423. The summed E-state index contributed by atoms with van der Waals surface area (Å²) in [6, 6.07) is 7.74. The lowest BCUT2D eigenvalue weighted by atomic mass is 10.0. The van der Waals surface area contributed by atoms with E-state index in [1.807, 2.05) is 24.3 Å². The second-order valence-electron chi connectivity index (χ2n) is 5.02. The first-order chi connectivity index (χ1) is 8.54. The Morgan fingerprint density at radius 1 is 1.28 bits per heavy atom. The molecule has 0 spiro atoms. The Labute approximate surface area is 118 Å². The van der Waals surface area contributed by atoms with Crippen molar-refractivity contribution in [2.45, 2.75) is 49.3 Å². The Hall–Kier alpha value is -0.530. The predicted octanol–water partition coefficient (Wildman–Crippen LogP) is 5.11. The van der Waals surface area contributed by atoms with Crippen LogP contribution in [0.15, 0.2) is 24.3 Å². The molecule has 1 atom stereocenters. The zero-order chi connectivity index (χ0) is 13.2. The van der Waals surface area contributed by atoms with Crippen molar-refractivity contribution in [3.63, 3.8) is 0 Å². The molecule has 2 rings (SSSR count). The van der Waals surface area contributed by atoms with Crippen molar-refractivity contribution in [1.82, 2.24) is 0 Å². The van der Waals surface area contributed by atoms with Gasteiger partial charge in [0.15, 0.2) is 5.78 Å². The van der Waals surface area contributed by atoms with Crippen LogP contribution in [0.25, 0.3) is 0 Å². The van der Waals surface area contributed by atoms with Crippen LogP contribution >= 0.6 is 23.2 Å². The van der Waals surface area contributed by atoms with Gasteiger partial charge in [-0.3, -0.25) is 4.79 Å². The summed E-state index contributed by atoms with van der Waals surface area (Å²) >= 11 is 12.1. The number of carbonyl (C=O) groups excluding carboxylic acids is 1. The highest BCUT2D eigenvalue weighted by molar-refractivity contribution is 6.51. The van der Waals surface area contributed by atoms with E-state index in [0.29, 0.717) is 6.42 Å². The third kappa shape index (κ3) is 3.27. The zero-order valence-corrected chi connectivity index (χ0v) is 12.1. The topological polar surface area (TPSA) is 17.1 Å². The molecule has 18 heavy (non-hydrogen) atoms. The number of hydrogen-bond acceptors (Lipinski definition) is 1. The fraction of sp³-hybridized carbons (Fsp3) is 0.533. The maximum absolute atomic E-state index is 11.9. The van der Waals surface area contributed by atoms with Gasteiger partial charge in [0.25, 0.3) is 0 Å². The minimum atomic E-state index is -0.591. The normalized spacial score (nSPS) is 20.7. The first-order valence-electron chi connectivity index (χ1n) is 6.55. The Morgan fingerprint density at radius 3 is 2.39 bits per heavy atom. The van der Waals surface area contributed by atoms with Crippen LogP contribution in [0, 0.1) is 0 Å². The van der Waals surface area contributed by atoms with Crippen molar-refractivity contribution in [2.75, 3.05) is 0 Å². The highest BCUT2D eigenvalue weighted by atomic mass is 35.5. The Morgan fingerprint density at radius 2 is 1.89 bits per heavy atom. The molecule has 3 heteroatoms. The molecule has 1 saturated carbocycles. The largest absolute Gasteiger partial charge is 0.294 e. The van der Waals surface area contributed by atoms with Crippen molar-refractivity contribution < 1.29 is 4.79 Å². The summed E-state index contributed by atoms with van der Waals surface area (Å²) in [5, 5.41) is 0. The average molecular weight is 285 g/mol. The second-order valence-corrected chi connectivity index (χ2v) is 6.56. The number of alkyl halides is 2. The van der Waals surface area contributed by atoms with Crippen molar-refractivity contribution >= 4 is 29.0 Å². The minimum Gasteiger partial charge on any atom is -0.294 e. The van der Waals surface area contributed by atoms with Gasteiger partial charge in [0.05, 0.1) is 0 Å². The fourth-order valence-electron chi connectivity index (χ4n) is 2.16. The summed E-state index contributed by atoms with van der Waals surface area (Å²) < 4.78 is -0.591. The average Bonchev–Trinajstić information content (AvgIpc) is 2.99. The lowest BCUT2D eigenvalue weighted by Crippen LogP contribution is -1.99. The first-order valence-corrected chi connectivity index (χ1v) is 7.31. The molecule has 1 nitrogen and oxygen atoms in total. The van der Waals surface area contributed by atoms with Gasteiger partial charge in [-0.25, -0.2) is 0 Å². The van der Waals surface area contributed by atoms with Gasteiger partial charge in [-0.05, 0) is 18.4 Å². The number of hydrogen-bond donors (Lipinski definition) is 0. The van der Waals surface area contributed by atoms with Crippen LogP contribution in [-0.4, -0.2) is 10.1 Å². The molecule has 98 valence electrons. The molecule has 1 fully saturated rings. The standard InChI is InChI=1S/C15H18Cl2O/c1-2-3-4-5-14(18)12-8-6-11(7-9-12)13-10-15(13,16)17/h6-9,13H,2-5,10H2,1H3. The van der Waals surface area contributed by atoms with Gasteiger partial charge < -0.3 is 0 Å². The van der Waals surface area contributed by atoms with Crippen molar-refractivity contribution in [3.8, 4) is 0 Å². The first kappa shape index (κ1) is 13.9. The van der Waals surface area contributed by atoms with Gasteiger partial charge >= 0.3 is 0 Å². The molecule has 1 aromatic rings. The van der Waals surface area contributed by atoms with Crippen LogP contribution in [0.3, 0.4) is 0 Å². The van der Waals surface area contributed by atoms with Crippen LogP contribution in [-0.2, 0) is 0 Å². The van der Waals surface area contributed by atoms with Gasteiger partial charge in [0.2, 0.25) is 0 Å². The van der Waals surface area contributed by atoms with Crippen molar-refractivity contribution in [1.29, 1.82) is 0 Å². The number of rotatable bonds is 6. The molecule has 0 N–H and O–H groups in total. The molecule has 0 saturated heterocycles. The summed E-state index contributed by atoms with van der Waals surface area (Å²) in [7, 11) is 0. The summed E-state index contributed by atoms with van der Waals surface area (Å²) in [5.41, 5.74) is 1.93. The SMILES string of the molecule is CCCCCC(=O)c1ccc(C2CC2(Cl)Cl)cc1. The van der Waals surface area contributed by atoms with Crippen molar-refractivity contribution in [3.05, 3.63) is 35.4 Å². The molecule has 0 radical (unpaired) electrons. The monoisotopic (exact) mass is 284 g/mol. The van der Waals surface area contributed by atoms with E-state index in [9.17, 15) is 4.79 Å². The number of benzene rings is 1. The van der Waals surface area contributed by atoms with E-state index in [1.54, 1.807) is 0 Å². The molecule has 0 aliphatic heterocycles. The van der Waals surface area contributed by atoms with Crippen LogP contribution < -0.4 is 0 Å². The molecule has 1 aliphatic rings. The third-order valence-corrected chi connectivity index (χ3v) is 4.30. The van der Waals surface area contributed by atoms with Gasteiger partial charge in [0.1, 0.15) is 4.33 Å². The second kappa shape index (κ2) is 5.63. The van der Waals surface area contributed by atoms with E-state index in [0.717, 1.165) is 36.8 Å². The van der Waals surface area contributed by atoms with E-state index in [-0.39, 0.29) is 11.7 Å². The van der Waals surface area contributed by atoms with Crippen LogP contribution in [0.1, 0.15) is 60.9 Å². The molecule has 0 bridgehead atoms. The number of Topliss-reactive ketones (excluding diaryl/α,β-unsaturated/α-hetero) is 1. The lowest BCUT2D eigenvalue weighted by molar-refractivity contribution is 0.0979. The quantitative estimate of drug-likeness (QED) is 0.403. The molecule has 1 unspecified atom stereocenters. The van der Waals surface area contributed by atoms with Crippen LogP contribution in [0.5, 0.6) is 0 Å². The van der Waals surface area contributed by atoms with Crippen LogP contribution in [0.4, 0.5) is 0 Å². The number of ketones is 1. The lowest BCUT2D eigenvalue weighted by Gasteiger charge is -2.04. The highest BCUT2D eigenvalue weighted by Gasteiger charge is 2.52. The molecule has 1 aliphatic carbocycles. The molecular formula is C15H18Cl2O. The molecule has 1 aromatic carbocycles. The highest BCUT2D eigenvalue weighted by Crippen LogP contribution is 2.59. The van der Waals surface area contributed by atoms with E-state index >= 15 is 0 Å². The maximum atomic E-state index is 11.9. The fourth-order valence-corrected chi connectivity index (χ4v) is 2.72. The Balaban J connectivity index is 1.93. The molecule has 0 aromatic heterocycles. The van der Waals surface area contributed by atoms with Gasteiger partial charge in [-0.1, -0.05) is 44.0 Å². The predicted molar refractivity (Wildman–Crippen MR) is 76.7 cm³/mol. The van der Waals surface area contributed by atoms with Gasteiger partial charge in [0, 0.05) is 17.9 Å². The van der Waals surface area contributed by atoms with E-state index in [2.05, 4.69) is 6.92 Å². The number of unbranched alkanes of at least 4 members (excludes halogenated alkanes) is 2. The Kier molecular flexibility index (Phi) is 4.34. The van der Waals surface area contributed by atoms with Gasteiger partial charge in [-0.2, -0.15) is 0 Å². The van der Waals surface area contributed by atoms with Gasteiger partial charge in [-0.15, -0.1) is 23.2 Å². The van der Waals surface area contributed by atoms with Crippen LogP contribution in [0.2, 0.25) is 0 Å². The van der Waals surface area contributed by atoms with Crippen molar-refractivity contribution in [2.24, 2.45) is 0 Å². The van der Waals surface area contributed by atoms with E-state index < -0.39 is 4.33 Å². The number of halogens is 2. The molecule has 0 amide bonds. The van der Waals surface area contributed by atoms with E-state index in [4.69, 9.17) is 23.2 Å². The number of carbonyl (C=O) groups is 1. The third-order valence-electron chi connectivity index (χ3n) is 3.47. The summed E-state index contributed by atoms with van der Waals surface area (Å²) in [6.45, 7) is 2.14. The summed E-state index contributed by atoms with van der Waals surface area (Å²) in [4.78, 5) is 11.9. The summed E-state index contributed by atoms with van der Waals surface area (Å²) in [5.74, 6) is 0.457. The minimum absolute atomic E-state index is 0.227. The molecule has 0 heterocycles. The molecular weight excluding hydrogens is 267 g/mol. The van der Waals surface area contributed by atoms with E-state index in [1.165, 1.54) is 0 Å². The smallest absolute Gasteiger partial charge is 0.162 e. The zero-order valence-electron chi connectivity index (χ0n) is 10.6.